The number of para-hydroxylation sites is 1. The highest BCUT2D eigenvalue weighted by atomic mass is 32.2. The van der Waals surface area contributed by atoms with Crippen LogP contribution in [0.3, 0.4) is 0 Å². The van der Waals surface area contributed by atoms with Crippen molar-refractivity contribution in [3.8, 4) is 16.9 Å². The number of thioether (sulfide) groups is 1. The minimum atomic E-state index is -0.0441. The van der Waals surface area contributed by atoms with Crippen LogP contribution in [0.4, 0.5) is 5.82 Å². The standard InChI is InChI=1S/C25H21N3OS/c1-30-20-14-12-17(13-15-20)21-16-22(29)26-25-23(21)24(18-8-4-2-5-9-18)27-28(25)19-10-6-3-7-11-19/h2-15,21H,16H2,1H3,(H,26,29)/t21-/m1/s1. The van der Waals surface area contributed by atoms with Crippen molar-refractivity contribution in [3.63, 3.8) is 0 Å². The van der Waals surface area contributed by atoms with E-state index in [0.717, 1.165) is 33.9 Å². The van der Waals surface area contributed by atoms with E-state index in [-0.39, 0.29) is 11.8 Å². The highest BCUT2D eigenvalue weighted by Gasteiger charge is 2.34. The molecule has 1 aliphatic rings. The van der Waals surface area contributed by atoms with Crippen LogP contribution >= 0.6 is 11.8 Å². The largest absolute Gasteiger partial charge is 0.310 e. The Balaban J connectivity index is 1.74. The predicted octanol–water partition coefficient (Wildman–Crippen LogP) is 5.74. The van der Waals surface area contributed by atoms with Gasteiger partial charge in [-0.2, -0.15) is 5.10 Å². The molecule has 1 aliphatic heterocycles. The molecule has 0 bridgehead atoms. The lowest BCUT2D eigenvalue weighted by molar-refractivity contribution is -0.116. The summed E-state index contributed by atoms with van der Waals surface area (Å²) in [6, 6.07) is 28.6. The molecule has 0 saturated carbocycles. The maximum absolute atomic E-state index is 12.7. The summed E-state index contributed by atoms with van der Waals surface area (Å²) in [5, 5.41) is 8.07. The smallest absolute Gasteiger partial charge is 0.226 e. The molecule has 1 N–H and O–H groups in total. The number of fused-ring (bicyclic) bond motifs is 1. The third-order valence-electron chi connectivity index (χ3n) is 5.48. The van der Waals surface area contributed by atoms with Crippen LogP contribution in [0.2, 0.25) is 0 Å². The second kappa shape index (κ2) is 7.84. The fourth-order valence-corrected chi connectivity index (χ4v) is 4.45. The molecule has 1 aromatic heterocycles. The molecule has 0 unspecified atom stereocenters. The van der Waals surface area contributed by atoms with Crippen molar-refractivity contribution in [1.29, 1.82) is 0 Å². The Morgan fingerprint density at radius 2 is 1.60 bits per heavy atom. The molecule has 1 amide bonds. The molecule has 5 rings (SSSR count). The van der Waals surface area contributed by atoms with Gasteiger partial charge in [-0.1, -0.05) is 60.7 Å². The van der Waals surface area contributed by atoms with E-state index in [0.29, 0.717) is 6.42 Å². The van der Waals surface area contributed by atoms with Crippen LogP contribution in [0.5, 0.6) is 0 Å². The molecule has 30 heavy (non-hydrogen) atoms. The first-order valence-corrected chi connectivity index (χ1v) is 11.1. The van der Waals surface area contributed by atoms with Gasteiger partial charge in [0.05, 0.1) is 11.4 Å². The number of nitrogens with zero attached hydrogens (tertiary/aromatic N) is 2. The zero-order chi connectivity index (χ0) is 20.5. The Morgan fingerprint density at radius 3 is 2.27 bits per heavy atom. The van der Waals surface area contributed by atoms with Gasteiger partial charge < -0.3 is 5.32 Å². The maximum Gasteiger partial charge on any atom is 0.226 e. The van der Waals surface area contributed by atoms with Crippen LogP contribution in [0, 0.1) is 0 Å². The van der Waals surface area contributed by atoms with Crippen molar-refractivity contribution in [2.24, 2.45) is 0 Å². The maximum atomic E-state index is 12.7. The Hall–Kier alpha value is -3.31. The van der Waals surface area contributed by atoms with Gasteiger partial charge in [0.15, 0.2) is 0 Å². The highest BCUT2D eigenvalue weighted by Crippen LogP contribution is 2.44. The monoisotopic (exact) mass is 411 g/mol. The summed E-state index contributed by atoms with van der Waals surface area (Å²) in [5.41, 5.74) is 5.09. The van der Waals surface area contributed by atoms with Crippen LogP contribution in [0.15, 0.2) is 89.8 Å². The van der Waals surface area contributed by atoms with Gasteiger partial charge in [0.25, 0.3) is 0 Å². The Morgan fingerprint density at radius 1 is 0.933 bits per heavy atom. The summed E-state index contributed by atoms with van der Waals surface area (Å²) < 4.78 is 1.86. The molecular formula is C25H21N3OS. The third-order valence-corrected chi connectivity index (χ3v) is 6.23. The molecule has 4 nitrogen and oxygen atoms in total. The van der Waals surface area contributed by atoms with Gasteiger partial charge >= 0.3 is 0 Å². The van der Waals surface area contributed by atoms with E-state index < -0.39 is 0 Å². The second-order valence-corrected chi connectivity index (χ2v) is 8.18. The quantitative estimate of drug-likeness (QED) is 0.436. The molecule has 4 aromatic rings. The Kier molecular flexibility index (Phi) is 4.89. The Labute approximate surface area is 179 Å². The first-order valence-electron chi connectivity index (χ1n) is 9.92. The second-order valence-electron chi connectivity index (χ2n) is 7.30. The number of nitrogens with one attached hydrogen (secondary N) is 1. The lowest BCUT2D eigenvalue weighted by Gasteiger charge is -2.25. The number of amides is 1. The molecule has 0 aliphatic carbocycles. The first kappa shape index (κ1) is 18.7. The number of hydrogen-bond acceptors (Lipinski definition) is 3. The topological polar surface area (TPSA) is 46.9 Å². The lowest BCUT2D eigenvalue weighted by Crippen LogP contribution is -2.24. The number of hydrogen-bond donors (Lipinski definition) is 1. The summed E-state index contributed by atoms with van der Waals surface area (Å²) in [6.45, 7) is 0. The van der Waals surface area contributed by atoms with E-state index in [1.165, 1.54) is 4.90 Å². The lowest BCUT2D eigenvalue weighted by atomic mass is 9.84. The first-order chi connectivity index (χ1) is 14.7. The summed E-state index contributed by atoms with van der Waals surface area (Å²) in [6.07, 6.45) is 2.48. The molecule has 0 spiro atoms. The molecule has 1 atom stereocenters. The number of carbonyl (C=O) groups excluding carboxylic acids is 1. The van der Waals surface area contributed by atoms with Gasteiger partial charge in [0, 0.05) is 28.4 Å². The summed E-state index contributed by atoms with van der Waals surface area (Å²) in [7, 11) is 0. The van der Waals surface area contributed by atoms with Crippen LogP contribution in [-0.4, -0.2) is 21.9 Å². The van der Waals surface area contributed by atoms with E-state index in [1.54, 1.807) is 11.8 Å². The third kappa shape index (κ3) is 3.31. The molecule has 0 fully saturated rings. The van der Waals surface area contributed by atoms with Crippen LogP contribution in [-0.2, 0) is 4.79 Å². The molecule has 148 valence electrons. The van der Waals surface area contributed by atoms with Crippen molar-refractivity contribution >= 4 is 23.5 Å². The molecular weight excluding hydrogens is 390 g/mol. The van der Waals surface area contributed by atoms with Crippen molar-refractivity contribution in [3.05, 3.63) is 96.1 Å². The van der Waals surface area contributed by atoms with Gasteiger partial charge in [-0.25, -0.2) is 4.68 Å². The minimum absolute atomic E-state index is 0.0122. The minimum Gasteiger partial charge on any atom is -0.310 e. The van der Waals surface area contributed by atoms with E-state index in [2.05, 4.69) is 48.0 Å². The number of carbonyl (C=O) groups is 1. The van der Waals surface area contributed by atoms with Crippen molar-refractivity contribution in [2.45, 2.75) is 17.2 Å². The number of benzene rings is 3. The SMILES string of the molecule is CSc1ccc([C@H]2CC(=O)Nc3c2c(-c2ccccc2)nn3-c2ccccc2)cc1. The predicted molar refractivity (Wildman–Crippen MR) is 122 cm³/mol. The van der Waals surface area contributed by atoms with E-state index >= 15 is 0 Å². The fourth-order valence-electron chi connectivity index (χ4n) is 4.04. The van der Waals surface area contributed by atoms with E-state index in [1.807, 2.05) is 53.2 Å². The van der Waals surface area contributed by atoms with Crippen LogP contribution in [0.1, 0.15) is 23.5 Å². The molecule has 2 heterocycles. The van der Waals surface area contributed by atoms with Gasteiger partial charge in [0.1, 0.15) is 5.82 Å². The fraction of sp³-hybridized carbons (Fsp3) is 0.120. The van der Waals surface area contributed by atoms with Crippen molar-refractivity contribution < 1.29 is 4.79 Å². The number of aromatic nitrogens is 2. The van der Waals surface area contributed by atoms with Crippen molar-refractivity contribution in [2.75, 3.05) is 11.6 Å². The Bertz CT molecular complexity index is 1180. The van der Waals surface area contributed by atoms with E-state index in [9.17, 15) is 4.79 Å². The zero-order valence-electron chi connectivity index (χ0n) is 16.6. The molecule has 0 radical (unpaired) electrons. The highest BCUT2D eigenvalue weighted by molar-refractivity contribution is 7.98. The normalized spacial score (nSPS) is 15.5. The van der Waals surface area contributed by atoms with Crippen LogP contribution in [0.25, 0.3) is 16.9 Å². The van der Waals surface area contributed by atoms with Crippen molar-refractivity contribution in [1.82, 2.24) is 9.78 Å². The van der Waals surface area contributed by atoms with E-state index in [4.69, 9.17) is 5.10 Å². The molecule has 0 saturated heterocycles. The molecule has 5 heteroatoms. The molecule has 3 aromatic carbocycles. The van der Waals surface area contributed by atoms with Gasteiger partial charge in [-0.15, -0.1) is 11.8 Å². The number of anilines is 1. The average Bonchev–Trinajstić information content (AvgIpc) is 3.19. The average molecular weight is 412 g/mol. The summed E-state index contributed by atoms with van der Waals surface area (Å²) >= 11 is 1.72. The zero-order valence-corrected chi connectivity index (χ0v) is 17.4. The van der Waals surface area contributed by atoms with Crippen LogP contribution < -0.4 is 5.32 Å². The number of rotatable bonds is 4. The van der Waals surface area contributed by atoms with Gasteiger partial charge in [0.2, 0.25) is 5.91 Å². The summed E-state index contributed by atoms with van der Waals surface area (Å²) in [5.74, 6) is 0.728. The van der Waals surface area contributed by atoms with Gasteiger partial charge in [-0.05, 0) is 36.1 Å². The van der Waals surface area contributed by atoms with Gasteiger partial charge in [-0.3, -0.25) is 4.79 Å². The summed E-state index contributed by atoms with van der Waals surface area (Å²) in [4.78, 5) is 13.9.